The summed E-state index contributed by atoms with van der Waals surface area (Å²) in [5.74, 6) is -2.17. The molecule has 1 rings (SSSR count). The van der Waals surface area contributed by atoms with Crippen LogP contribution in [0, 0.1) is 16.0 Å². The highest BCUT2D eigenvalue weighted by molar-refractivity contribution is 6.01. The fourth-order valence-corrected chi connectivity index (χ4v) is 2.14. The molecule has 1 N–H and O–H groups in total. The van der Waals surface area contributed by atoms with Crippen LogP contribution < -0.4 is 5.32 Å². The predicted octanol–water partition coefficient (Wildman–Crippen LogP) is 1.57. The molecule has 0 fully saturated rings. The van der Waals surface area contributed by atoms with Crippen molar-refractivity contribution in [1.29, 1.82) is 0 Å². The molecule has 0 saturated heterocycles. The van der Waals surface area contributed by atoms with Crippen molar-refractivity contribution < 1.29 is 19.3 Å². The summed E-state index contributed by atoms with van der Waals surface area (Å²) in [5.41, 5.74) is 0.355. The van der Waals surface area contributed by atoms with Crippen LogP contribution in [0.15, 0.2) is 24.3 Å². The number of hydrogen-bond donors (Lipinski definition) is 1. The van der Waals surface area contributed by atoms with Crippen LogP contribution in [0.3, 0.4) is 0 Å². The number of Topliss-reactive ketones (excluding diaryl/α,β-unsaturated/α-hetero) is 2. The van der Waals surface area contributed by atoms with Gasteiger partial charge in [-0.15, -0.1) is 0 Å². The normalized spacial score (nSPS) is 11.8. The quantitative estimate of drug-likeness (QED) is 0.486. The molecule has 21 heavy (non-hydrogen) atoms. The van der Waals surface area contributed by atoms with E-state index in [2.05, 4.69) is 5.32 Å². The van der Waals surface area contributed by atoms with Crippen molar-refractivity contribution in [1.82, 2.24) is 5.32 Å². The van der Waals surface area contributed by atoms with E-state index in [1.54, 1.807) is 0 Å². The molecule has 1 unspecified atom stereocenters. The van der Waals surface area contributed by atoms with Gasteiger partial charge >= 0.3 is 0 Å². The molecule has 112 valence electrons. The van der Waals surface area contributed by atoms with Crippen molar-refractivity contribution in [3.05, 3.63) is 39.9 Å². The van der Waals surface area contributed by atoms with Crippen LogP contribution in [0.1, 0.15) is 32.4 Å². The summed E-state index contributed by atoms with van der Waals surface area (Å²) in [6, 6.07) is 4.55. The Labute approximate surface area is 121 Å². The second kappa shape index (κ2) is 6.74. The molecule has 1 atom stereocenters. The maximum absolute atomic E-state index is 11.7. The molecular formula is C14H16N2O5. The van der Waals surface area contributed by atoms with Crippen LogP contribution in [0.25, 0.3) is 0 Å². The number of nitrogens with zero attached hydrogens (tertiary/aromatic N) is 1. The monoisotopic (exact) mass is 292 g/mol. The lowest BCUT2D eigenvalue weighted by Gasteiger charge is -2.24. The maximum atomic E-state index is 11.7. The molecule has 0 aliphatic heterocycles. The molecule has 0 radical (unpaired) electrons. The first-order valence-corrected chi connectivity index (χ1v) is 6.26. The second-order valence-corrected chi connectivity index (χ2v) is 4.73. The van der Waals surface area contributed by atoms with Crippen molar-refractivity contribution in [3.63, 3.8) is 0 Å². The molecule has 1 aromatic rings. The highest BCUT2D eigenvalue weighted by Crippen LogP contribution is 2.26. The molecule has 1 amide bonds. The molecule has 7 nitrogen and oxygen atoms in total. The van der Waals surface area contributed by atoms with Gasteiger partial charge in [0, 0.05) is 19.1 Å². The number of amides is 1. The number of nitro benzene ring substituents is 1. The number of ketones is 2. The summed E-state index contributed by atoms with van der Waals surface area (Å²) in [6.07, 6.45) is 0. The van der Waals surface area contributed by atoms with Gasteiger partial charge in [-0.25, -0.2) is 0 Å². The number of non-ortho nitro benzene ring substituents is 1. The van der Waals surface area contributed by atoms with E-state index in [4.69, 9.17) is 0 Å². The largest absolute Gasteiger partial charge is 0.348 e. The van der Waals surface area contributed by atoms with Gasteiger partial charge in [0.2, 0.25) is 5.91 Å². The van der Waals surface area contributed by atoms with Crippen molar-refractivity contribution in [2.24, 2.45) is 5.92 Å². The fraction of sp³-hybridized carbons (Fsp3) is 0.357. The van der Waals surface area contributed by atoms with Gasteiger partial charge in [0.05, 0.1) is 11.0 Å². The summed E-state index contributed by atoms with van der Waals surface area (Å²) in [6.45, 7) is 3.81. The first-order valence-electron chi connectivity index (χ1n) is 6.26. The van der Waals surface area contributed by atoms with Crippen LogP contribution in [-0.4, -0.2) is 22.4 Å². The Hall–Kier alpha value is -2.57. The summed E-state index contributed by atoms with van der Waals surface area (Å²) in [7, 11) is 0. The molecule has 0 bridgehead atoms. The van der Waals surface area contributed by atoms with Gasteiger partial charge in [0.15, 0.2) is 0 Å². The lowest BCUT2D eigenvalue weighted by Crippen LogP contribution is -2.38. The fourth-order valence-electron chi connectivity index (χ4n) is 2.14. The number of nitro groups is 1. The molecule has 7 heteroatoms. The van der Waals surface area contributed by atoms with Gasteiger partial charge in [-0.2, -0.15) is 0 Å². The van der Waals surface area contributed by atoms with Crippen LogP contribution in [0.2, 0.25) is 0 Å². The third kappa shape index (κ3) is 4.20. The standard InChI is InChI=1S/C14H16N2O5/c1-8(17)13(9(2)18)14(15-10(3)19)11-4-6-12(7-5-11)16(20)21/h4-7,13-14H,1-3H3,(H,15,19). The Balaban J connectivity index is 3.23. The summed E-state index contributed by atoms with van der Waals surface area (Å²) in [4.78, 5) is 44.8. The van der Waals surface area contributed by atoms with Gasteiger partial charge in [0.25, 0.3) is 5.69 Å². The predicted molar refractivity (Wildman–Crippen MR) is 74.5 cm³/mol. The van der Waals surface area contributed by atoms with Crippen LogP contribution in [0.5, 0.6) is 0 Å². The van der Waals surface area contributed by atoms with E-state index < -0.39 is 22.8 Å². The molecule has 0 aliphatic rings. The summed E-state index contributed by atoms with van der Waals surface area (Å²) in [5, 5.41) is 13.2. The number of carbonyl (C=O) groups is 3. The number of nitrogens with one attached hydrogen (secondary N) is 1. The number of rotatable bonds is 6. The van der Waals surface area contributed by atoms with Gasteiger partial charge in [-0.3, -0.25) is 24.5 Å². The van der Waals surface area contributed by atoms with E-state index in [-0.39, 0.29) is 17.3 Å². The number of benzene rings is 1. The van der Waals surface area contributed by atoms with Crippen LogP contribution in [-0.2, 0) is 14.4 Å². The Morgan fingerprint density at radius 2 is 1.52 bits per heavy atom. The Morgan fingerprint density at radius 3 is 1.86 bits per heavy atom. The average molecular weight is 292 g/mol. The minimum Gasteiger partial charge on any atom is -0.348 e. The van der Waals surface area contributed by atoms with E-state index in [1.807, 2.05) is 0 Å². The van der Waals surface area contributed by atoms with E-state index >= 15 is 0 Å². The molecule has 0 aliphatic carbocycles. The van der Waals surface area contributed by atoms with Crippen molar-refractivity contribution in [2.75, 3.05) is 0 Å². The van der Waals surface area contributed by atoms with E-state index in [1.165, 1.54) is 45.0 Å². The highest BCUT2D eigenvalue weighted by Gasteiger charge is 2.31. The molecule has 1 aromatic carbocycles. The third-order valence-corrected chi connectivity index (χ3v) is 3.03. The second-order valence-electron chi connectivity index (χ2n) is 4.73. The lowest BCUT2D eigenvalue weighted by molar-refractivity contribution is -0.384. The zero-order chi connectivity index (χ0) is 16.2. The Morgan fingerprint density at radius 1 is 1.05 bits per heavy atom. The molecule has 0 aromatic heterocycles. The number of hydrogen-bond acceptors (Lipinski definition) is 5. The molecule has 0 heterocycles. The molecule has 0 saturated carbocycles. The van der Waals surface area contributed by atoms with E-state index in [0.29, 0.717) is 5.56 Å². The van der Waals surface area contributed by atoms with Crippen molar-refractivity contribution in [2.45, 2.75) is 26.8 Å². The van der Waals surface area contributed by atoms with Crippen molar-refractivity contribution in [3.8, 4) is 0 Å². The summed E-state index contributed by atoms with van der Waals surface area (Å²) >= 11 is 0. The van der Waals surface area contributed by atoms with Crippen molar-refractivity contribution >= 4 is 23.2 Å². The Kier molecular flexibility index (Phi) is 5.29. The van der Waals surface area contributed by atoms with Crippen LogP contribution >= 0.6 is 0 Å². The van der Waals surface area contributed by atoms with Gasteiger partial charge < -0.3 is 5.32 Å². The SMILES string of the molecule is CC(=O)NC(c1ccc([N+](=O)[O-])cc1)C(C(C)=O)C(C)=O. The first-order chi connectivity index (χ1) is 9.73. The summed E-state index contributed by atoms with van der Waals surface area (Å²) < 4.78 is 0. The first kappa shape index (κ1) is 16.5. The Bertz CT molecular complexity index is 566. The molecule has 0 spiro atoms. The maximum Gasteiger partial charge on any atom is 0.269 e. The minimum absolute atomic E-state index is 0.109. The highest BCUT2D eigenvalue weighted by atomic mass is 16.6. The smallest absolute Gasteiger partial charge is 0.269 e. The topological polar surface area (TPSA) is 106 Å². The van der Waals surface area contributed by atoms with Gasteiger partial charge in [-0.1, -0.05) is 12.1 Å². The minimum atomic E-state index is -1.02. The van der Waals surface area contributed by atoms with E-state index in [9.17, 15) is 24.5 Å². The zero-order valence-corrected chi connectivity index (χ0v) is 12.0. The lowest BCUT2D eigenvalue weighted by atomic mass is 9.87. The van der Waals surface area contributed by atoms with Gasteiger partial charge in [-0.05, 0) is 19.4 Å². The zero-order valence-electron chi connectivity index (χ0n) is 12.0. The molecular weight excluding hydrogens is 276 g/mol. The van der Waals surface area contributed by atoms with Crippen LogP contribution in [0.4, 0.5) is 5.69 Å². The van der Waals surface area contributed by atoms with E-state index in [0.717, 1.165) is 0 Å². The number of carbonyl (C=O) groups excluding carboxylic acids is 3. The average Bonchev–Trinajstić information content (AvgIpc) is 2.36. The van der Waals surface area contributed by atoms with Gasteiger partial charge in [0.1, 0.15) is 17.5 Å². The third-order valence-electron chi connectivity index (χ3n) is 3.03.